The zero-order chi connectivity index (χ0) is 13.5. The van der Waals surface area contributed by atoms with Crippen LogP contribution in [0.4, 0.5) is 10.5 Å². The lowest BCUT2D eigenvalue weighted by Crippen LogP contribution is -2.13. The lowest BCUT2D eigenvalue weighted by atomic mass is 10.1. The molecule has 0 atom stereocenters. The van der Waals surface area contributed by atoms with Gasteiger partial charge in [0.25, 0.3) is 0 Å². The van der Waals surface area contributed by atoms with Crippen LogP contribution in [0.1, 0.15) is 18.1 Å². The first-order valence-corrected chi connectivity index (χ1v) is 6.34. The predicted octanol–water partition coefficient (Wildman–Crippen LogP) is 3.85. The summed E-state index contributed by atoms with van der Waals surface area (Å²) in [6.45, 7) is 2.15. The summed E-state index contributed by atoms with van der Waals surface area (Å²) in [6, 6.07) is 18.1. The van der Waals surface area contributed by atoms with Crippen molar-refractivity contribution in [2.24, 2.45) is 0 Å². The predicted molar refractivity (Wildman–Crippen MR) is 76.3 cm³/mol. The molecular weight excluding hydrogens is 238 g/mol. The van der Waals surface area contributed by atoms with Crippen molar-refractivity contribution in [2.75, 3.05) is 11.9 Å². The molecule has 0 heterocycles. The van der Waals surface area contributed by atoms with Crippen LogP contribution in [0.2, 0.25) is 0 Å². The maximum absolute atomic E-state index is 11.3. The monoisotopic (exact) mass is 255 g/mol. The molecule has 3 heteroatoms. The summed E-state index contributed by atoms with van der Waals surface area (Å²) >= 11 is 0. The average molecular weight is 255 g/mol. The molecule has 1 N–H and O–H groups in total. The Morgan fingerprint density at radius 2 is 1.63 bits per heavy atom. The Hall–Kier alpha value is -2.29. The number of hydrogen-bond donors (Lipinski definition) is 1. The van der Waals surface area contributed by atoms with Gasteiger partial charge in [-0.3, -0.25) is 5.32 Å². The number of carbonyl (C=O) groups excluding carboxylic acids is 1. The van der Waals surface area contributed by atoms with Crippen molar-refractivity contribution in [1.29, 1.82) is 0 Å². The van der Waals surface area contributed by atoms with Gasteiger partial charge in [0.2, 0.25) is 0 Å². The van der Waals surface area contributed by atoms with Crippen molar-refractivity contribution in [3.05, 3.63) is 65.7 Å². The molecule has 2 aromatic rings. The van der Waals surface area contributed by atoms with E-state index in [9.17, 15) is 4.79 Å². The first-order valence-electron chi connectivity index (χ1n) is 6.34. The fourth-order valence-corrected chi connectivity index (χ4v) is 1.82. The van der Waals surface area contributed by atoms with Crippen LogP contribution in [0.15, 0.2) is 54.6 Å². The smallest absolute Gasteiger partial charge is 0.411 e. The quantitative estimate of drug-likeness (QED) is 0.901. The van der Waals surface area contributed by atoms with E-state index in [1.54, 1.807) is 6.92 Å². The standard InChI is InChI=1S/C16H17NO2/c1-2-19-16(18)17-15-10-8-14(9-11-15)12-13-6-4-3-5-7-13/h3-11H,2,12H2,1H3,(H,17,18). The molecule has 19 heavy (non-hydrogen) atoms. The number of rotatable bonds is 4. The van der Waals surface area contributed by atoms with Crippen molar-refractivity contribution in [3.8, 4) is 0 Å². The topological polar surface area (TPSA) is 38.3 Å². The molecule has 0 bridgehead atoms. The zero-order valence-corrected chi connectivity index (χ0v) is 10.9. The molecule has 2 aromatic carbocycles. The molecule has 0 aliphatic carbocycles. The molecule has 0 aliphatic heterocycles. The molecule has 0 aromatic heterocycles. The Kier molecular flexibility index (Phi) is 4.56. The van der Waals surface area contributed by atoms with Gasteiger partial charge in [-0.1, -0.05) is 42.5 Å². The van der Waals surface area contributed by atoms with Gasteiger partial charge in [0.15, 0.2) is 0 Å². The van der Waals surface area contributed by atoms with Gasteiger partial charge in [0, 0.05) is 5.69 Å². The van der Waals surface area contributed by atoms with E-state index < -0.39 is 6.09 Å². The molecule has 0 aliphatic rings. The van der Waals surface area contributed by atoms with Gasteiger partial charge in [0.05, 0.1) is 6.61 Å². The first-order chi connectivity index (χ1) is 9.28. The van der Waals surface area contributed by atoms with Crippen LogP contribution in [0.5, 0.6) is 0 Å². The highest BCUT2D eigenvalue weighted by Gasteiger charge is 2.01. The van der Waals surface area contributed by atoms with Crippen molar-refractivity contribution in [2.45, 2.75) is 13.3 Å². The molecule has 2 rings (SSSR count). The van der Waals surface area contributed by atoms with Crippen molar-refractivity contribution < 1.29 is 9.53 Å². The normalized spacial score (nSPS) is 9.95. The molecule has 0 spiro atoms. The summed E-state index contributed by atoms with van der Waals surface area (Å²) in [5, 5.41) is 2.67. The van der Waals surface area contributed by atoms with E-state index in [1.165, 1.54) is 11.1 Å². The van der Waals surface area contributed by atoms with E-state index in [2.05, 4.69) is 17.4 Å². The molecule has 98 valence electrons. The fraction of sp³-hybridized carbons (Fsp3) is 0.188. The van der Waals surface area contributed by atoms with E-state index >= 15 is 0 Å². The van der Waals surface area contributed by atoms with Crippen LogP contribution < -0.4 is 5.32 Å². The Morgan fingerprint density at radius 1 is 1.00 bits per heavy atom. The van der Waals surface area contributed by atoms with Crippen molar-refractivity contribution in [3.63, 3.8) is 0 Å². The Labute approximate surface area is 113 Å². The molecule has 0 radical (unpaired) electrons. The number of carbonyl (C=O) groups is 1. The van der Waals surface area contributed by atoms with Crippen LogP contribution in [-0.4, -0.2) is 12.7 Å². The second-order valence-corrected chi connectivity index (χ2v) is 4.20. The Morgan fingerprint density at radius 3 is 2.26 bits per heavy atom. The van der Waals surface area contributed by atoms with Gasteiger partial charge in [-0.25, -0.2) is 4.79 Å². The summed E-state index contributed by atoms with van der Waals surface area (Å²) in [6.07, 6.45) is 0.471. The minimum absolute atomic E-state index is 0.373. The number of benzene rings is 2. The van der Waals surface area contributed by atoms with E-state index in [4.69, 9.17) is 4.74 Å². The fourth-order valence-electron chi connectivity index (χ4n) is 1.82. The highest BCUT2D eigenvalue weighted by molar-refractivity contribution is 5.84. The third-order valence-electron chi connectivity index (χ3n) is 2.73. The van der Waals surface area contributed by atoms with E-state index in [1.807, 2.05) is 42.5 Å². The van der Waals surface area contributed by atoms with Gasteiger partial charge in [-0.05, 0) is 36.6 Å². The lowest BCUT2D eigenvalue weighted by Gasteiger charge is -2.06. The highest BCUT2D eigenvalue weighted by atomic mass is 16.5. The van der Waals surface area contributed by atoms with Crippen LogP contribution in [0.3, 0.4) is 0 Å². The van der Waals surface area contributed by atoms with Gasteiger partial charge in [-0.15, -0.1) is 0 Å². The summed E-state index contributed by atoms with van der Waals surface area (Å²) in [7, 11) is 0. The number of ether oxygens (including phenoxy) is 1. The zero-order valence-electron chi connectivity index (χ0n) is 10.9. The highest BCUT2D eigenvalue weighted by Crippen LogP contribution is 2.13. The molecule has 0 fully saturated rings. The second-order valence-electron chi connectivity index (χ2n) is 4.20. The third kappa shape index (κ3) is 4.14. The SMILES string of the molecule is CCOC(=O)Nc1ccc(Cc2ccccc2)cc1. The summed E-state index contributed by atoms with van der Waals surface area (Å²) < 4.78 is 4.82. The Balaban J connectivity index is 1.97. The average Bonchev–Trinajstić information content (AvgIpc) is 2.42. The van der Waals surface area contributed by atoms with Crippen LogP contribution in [0, 0.1) is 0 Å². The second kappa shape index (κ2) is 6.59. The first kappa shape index (κ1) is 13.1. The summed E-state index contributed by atoms with van der Waals surface area (Å²) in [4.78, 5) is 11.3. The minimum atomic E-state index is -0.418. The molecule has 3 nitrogen and oxygen atoms in total. The number of hydrogen-bond acceptors (Lipinski definition) is 2. The van der Waals surface area contributed by atoms with Crippen molar-refractivity contribution >= 4 is 11.8 Å². The van der Waals surface area contributed by atoms with Crippen molar-refractivity contribution in [1.82, 2.24) is 0 Å². The lowest BCUT2D eigenvalue weighted by molar-refractivity contribution is 0.168. The molecule has 0 saturated heterocycles. The van der Waals surface area contributed by atoms with E-state index in [0.29, 0.717) is 6.61 Å². The summed E-state index contributed by atoms with van der Waals surface area (Å²) in [5.41, 5.74) is 3.23. The maximum Gasteiger partial charge on any atom is 0.411 e. The molecule has 0 saturated carbocycles. The van der Waals surface area contributed by atoms with Crippen LogP contribution in [-0.2, 0) is 11.2 Å². The largest absolute Gasteiger partial charge is 0.450 e. The van der Waals surface area contributed by atoms with E-state index in [0.717, 1.165) is 12.1 Å². The summed E-state index contributed by atoms with van der Waals surface area (Å²) in [5.74, 6) is 0. The van der Waals surface area contributed by atoms with Gasteiger partial charge in [-0.2, -0.15) is 0 Å². The number of anilines is 1. The van der Waals surface area contributed by atoms with Crippen LogP contribution in [0.25, 0.3) is 0 Å². The molecule has 1 amide bonds. The molecule has 0 unspecified atom stereocenters. The Bertz CT molecular complexity index is 520. The van der Waals surface area contributed by atoms with E-state index in [-0.39, 0.29) is 0 Å². The molecular formula is C16H17NO2. The van der Waals surface area contributed by atoms with Gasteiger partial charge >= 0.3 is 6.09 Å². The third-order valence-corrected chi connectivity index (χ3v) is 2.73. The van der Waals surface area contributed by atoms with Gasteiger partial charge in [0.1, 0.15) is 0 Å². The maximum atomic E-state index is 11.3. The minimum Gasteiger partial charge on any atom is -0.450 e. The van der Waals surface area contributed by atoms with Gasteiger partial charge < -0.3 is 4.74 Å². The number of nitrogens with one attached hydrogen (secondary N) is 1. The number of amides is 1. The van der Waals surface area contributed by atoms with Crippen LogP contribution >= 0.6 is 0 Å².